The van der Waals surface area contributed by atoms with Crippen LogP contribution >= 0.6 is 0 Å². The highest BCUT2D eigenvalue weighted by Gasteiger charge is 2.78. The van der Waals surface area contributed by atoms with Crippen molar-refractivity contribution in [2.75, 3.05) is 0 Å². The third-order valence-electron chi connectivity index (χ3n) is 2.17. The summed E-state index contributed by atoms with van der Waals surface area (Å²) in [6.45, 7) is 0. The number of carbonyl (C=O) groups is 1. The lowest BCUT2D eigenvalue weighted by Crippen LogP contribution is -2.59. The Bertz CT molecular complexity index is 534. The van der Waals surface area contributed by atoms with E-state index in [-0.39, 0.29) is 0 Å². The van der Waals surface area contributed by atoms with E-state index in [1.54, 1.807) is 0 Å². The quantitative estimate of drug-likeness (QED) is 0.328. The molecule has 0 fully saturated rings. The summed E-state index contributed by atoms with van der Waals surface area (Å²) in [6.07, 6.45) is 0. The number of hydrogen-bond donors (Lipinski definition) is 0. The monoisotopic (exact) mass is 273 g/mol. The fourth-order valence-electron chi connectivity index (χ4n) is 1.24. The molecule has 0 heterocycles. The molecule has 0 aromatic heterocycles. The molecule has 100 valence electrons. The number of carbonyl (C=O) groups excluding carboxylic acids is 1. The third-order valence-corrected chi connectivity index (χ3v) is 2.17. The minimum absolute atomic E-state index is 0.683. The molecule has 1 aromatic carbocycles. The molecule has 0 saturated heterocycles. The molecule has 11 heteroatoms. The Morgan fingerprint density at radius 3 is 1.63 bits per heavy atom. The van der Waals surface area contributed by atoms with Crippen LogP contribution in [0.2, 0.25) is 0 Å². The second-order valence-electron chi connectivity index (χ2n) is 3.24. The maximum atomic E-state index is 12.6. The van der Waals surface area contributed by atoms with Crippen LogP contribution < -0.4 is 0 Å². The molecular weight excluding hydrogens is 269 g/mol. The van der Waals surface area contributed by atoms with Gasteiger partial charge in [0.1, 0.15) is 5.82 Å². The first kappa shape index (κ1) is 14.1. The van der Waals surface area contributed by atoms with Crippen LogP contribution in [-0.4, -0.2) is 26.3 Å². The molecule has 0 radical (unpaired) electrons. The Hall–Kier alpha value is -2.98. The maximum Gasteiger partial charge on any atom is 0.766 e. The first-order chi connectivity index (χ1) is 8.74. The lowest BCUT2D eigenvalue weighted by molar-refractivity contribution is -0.946. The molecule has 10 nitrogen and oxygen atoms in total. The average Bonchev–Trinajstić information content (AvgIpc) is 2.28. The molecule has 19 heavy (non-hydrogen) atoms. The van der Waals surface area contributed by atoms with Crippen LogP contribution in [0, 0.1) is 36.2 Å². The van der Waals surface area contributed by atoms with Gasteiger partial charge in [0.25, 0.3) is 0 Å². The minimum Gasteiger partial charge on any atom is -0.268 e. The summed E-state index contributed by atoms with van der Waals surface area (Å²) < 4.78 is 12.6. The summed E-state index contributed by atoms with van der Waals surface area (Å²) in [4.78, 5) is 37.8. The van der Waals surface area contributed by atoms with Crippen molar-refractivity contribution in [3.05, 3.63) is 66.0 Å². The molecular formula is C8H4FN3O7. The number of benzene rings is 1. The number of nitrogens with zero attached hydrogens (tertiary/aromatic N) is 3. The van der Waals surface area contributed by atoms with E-state index in [0.717, 1.165) is 0 Å². The predicted molar refractivity (Wildman–Crippen MR) is 54.4 cm³/mol. The molecule has 0 aliphatic heterocycles. The van der Waals surface area contributed by atoms with Crippen LogP contribution in [0.1, 0.15) is 10.4 Å². The first-order valence-electron chi connectivity index (χ1n) is 4.48. The van der Waals surface area contributed by atoms with Crippen LogP contribution in [0.3, 0.4) is 0 Å². The van der Waals surface area contributed by atoms with Gasteiger partial charge in [0.05, 0.1) is 0 Å². The molecule has 1 rings (SSSR count). The maximum absolute atomic E-state index is 12.6. The molecule has 0 spiro atoms. The topological polar surface area (TPSA) is 146 Å². The largest absolute Gasteiger partial charge is 0.766 e. The lowest BCUT2D eigenvalue weighted by atomic mass is 10.1. The zero-order valence-corrected chi connectivity index (χ0v) is 8.89. The van der Waals surface area contributed by atoms with E-state index in [1.807, 2.05) is 0 Å². The molecule has 0 N–H and O–H groups in total. The van der Waals surface area contributed by atoms with Crippen LogP contribution in [0.5, 0.6) is 0 Å². The van der Waals surface area contributed by atoms with Gasteiger partial charge in [-0.05, 0) is 24.3 Å². The van der Waals surface area contributed by atoms with Crippen molar-refractivity contribution < 1.29 is 24.0 Å². The van der Waals surface area contributed by atoms with Gasteiger partial charge >= 0.3 is 11.6 Å². The van der Waals surface area contributed by atoms with Crippen LogP contribution in [-0.2, 0) is 0 Å². The summed E-state index contributed by atoms with van der Waals surface area (Å²) in [5.74, 6) is -7.02. The zero-order valence-electron chi connectivity index (χ0n) is 8.89. The Morgan fingerprint density at radius 1 is 0.947 bits per heavy atom. The number of ketones is 1. The van der Waals surface area contributed by atoms with Crippen molar-refractivity contribution in [3.8, 4) is 0 Å². The van der Waals surface area contributed by atoms with E-state index in [9.17, 15) is 39.5 Å². The molecule has 1 aromatic rings. The Balaban J connectivity index is 3.46. The van der Waals surface area contributed by atoms with E-state index >= 15 is 0 Å². The number of nitro groups is 3. The number of hydrogen-bond acceptors (Lipinski definition) is 7. The van der Waals surface area contributed by atoms with E-state index in [1.165, 1.54) is 0 Å². The third kappa shape index (κ3) is 2.08. The Kier molecular flexibility index (Phi) is 3.50. The van der Waals surface area contributed by atoms with Gasteiger partial charge in [-0.15, -0.1) is 0 Å². The summed E-state index contributed by atoms with van der Waals surface area (Å²) >= 11 is 0. The lowest BCUT2D eigenvalue weighted by Gasteiger charge is -2.07. The summed E-state index contributed by atoms with van der Waals surface area (Å²) in [5, 5.41) is 31.8. The van der Waals surface area contributed by atoms with Gasteiger partial charge in [0.2, 0.25) is 0 Å². The molecule has 0 unspecified atom stereocenters. The van der Waals surface area contributed by atoms with Gasteiger partial charge in [0.15, 0.2) is 14.8 Å². The van der Waals surface area contributed by atoms with E-state index in [2.05, 4.69) is 0 Å². The Morgan fingerprint density at radius 2 is 1.32 bits per heavy atom. The molecule has 0 bridgehead atoms. The standard InChI is InChI=1S/C8H4FN3O7/c9-6-3-1-5(2-4-6)7(13)8(10(14)15,11(16)17)12(18)19/h1-4H. The fraction of sp³-hybridized carbons (Fsp3) is 0.125. The molecule has 0 aliphatic rings. The SMILES string of the molecule is O=C(c1ccc(F)cc1)C([N+](=O)[O-])([N+](=O)[O-])[N+](=O)[O-]. The second kappa shape index (κ2) is 4.72. The predicted octanol–water partition coefficient (Wildman–Crippen LogP) is 0.492. The number of rotatable bonds is 5. The Labute approximate surface area is 102 Å². The molecule has 0 atom stereocenters. The summed E-state index contributed by atoms with van der Waals surface area (Å²) in [6, 6.07) is 2.75. The summed E-state index contributed by atoms with van der Waals surface area (Å²) in [7, 11) is 0. The molecule has 0 saturated carbocycles. The van der Waals surface area contributed by atoms with E-state index in [4.69, 9.17) is 0 Å². The van der Waals surface area contributed by atoms with Crippen LogP contribution in [0.4, 0.5) is 4.39 Å². The van der Waals surface area contributed by atoms with Crippen LogP contribution in [0.25, 0.3) is 0 Å². The van der Waals surface area contributed by atoms with Crippen LogP contribution in [0.15, 0.2) is 24.3 Å². The highest BCUT2D eigenvalue weighted by molar-refractivity contribution is 5.99. The minimum atomic E-state index is -4.24. The van der Waals surface area contributed by atoms with Gasteiger partial charge in [-0.1, -0.05) is 0 Å². The van der Waals surface area contributed by atoms with Crippen molar-refractivity contribution in [3.63, 3.8) is 0 Å². The van der Waals surface area contributed by atoms with Crippen molar-refractivity contribution in [2.24, 2.45) is 0 Å². The van der Waals surface area contributed by atoms with Crippen molar-refractivity contribution in [2.45, 2.75) is 5.79 Å². The normalized spacial score (nSPS) is 10.8. The smallest absolute Gasteiger partial charge is 0.268 e. The second-order valence-corrected chi connectivity index (χ2v) is 3.24. The summed E-state index contributed by atoms with van der Waals surface area (Å²) in [5.41, 5.74) is -0.716. The zero-order chi connectivity index (χ0) is 14.8. The van der Waals surface area contributed by atoms with Crippen molar-refractivity contribution >= 4 is 5.78 Å². The van der Waals surface area contributed by atoms with Gasteiger partial charge in [-0.3, -0.25) is 35.1 Å². The highest BCUT2D eigenvalue weighted by Crippen LogP contribution is 2.19. The van der Waals surface area contributed by atoms with E-state index < -0.39 is 37.7 Å². The van der Waals surface area contributed by atoms with Gasteiger partial charge in [-0.2, -0.15) is 0 Å². The van der Waals surface area contributed by atoms with Gasteiger partial charge in [-0.25, -0.2) is 4.39 Å². The number of halogens is 1. The highest BCUT2D eigenvalue weighted by atomic mass is 19.1. The number of Topliss-reactive ketones (excluding diaryl/α,β-unsaturated/α-hetero) is 1. The van der Waals surface area contributed by atoms with Gasteiger partial charge in [0, 0.05) is 5.56 Å². The van der Waals surface area contributed by atoms with Crippen molar-refractivity contribution in [1.82, 2.24) is 0 Å². The molecule has 0 amide bonds. The van der Waals surface area contributed by atoms with Crippen molar-refractivity contribution in [1.29, 1.82) is 0 Å². The van der Waals surface area contributed by atoms with E-state index in [0.29, 0.717) is 24.3 Å². The fourth-order valence-corrected chi connectivity index (χ4v) is 1.24. The molecule has 0 aliphatic carbocycles. The average molecular weight is 273 g/mol. The van der Waals surface area contributed by atoms with Gasteiger partial charge < -0.3 is 0 Å². The first-order valence-corrected chi connectivity index (χ1v) is 4.48.